The molecule has 1 unspecified atom stereocenters. The fourth-order valence-corrected chi connectivity index (χ4v) is 8.85. The van der Waals surface area contributed by atoms with E-state index in [9.17, 15) is 0 Å². The van der Waals surface area contributed by atoms with E-state index in [0.717, 1.165) is 72.3 Å². The van der Waals surface area contributed by atoms with Crippen molar-refractivity contribution in [1.29, 1.82) is 0 Å². The van der Waals surface area contributed by atoms with Gasteiger partial charge in [0, 0.05) is 32.9 Å². The van der Waals surface area contributed by atoms with Crippen LogP contribution in [0.2, 0.25) is 0 Å². The summed E-state index contributed by atoms with van der Waals surface area (Å²) in [6.07, 6.45) is 0. The van der Waals surface area contributed by atoms with E-state index >= 15 is 0 Å². The highest BCUT2D eigenvalue weighted by Gasteiger charge is 2.40. The minimum absolute atomic E-state index is 0.254. The Bertz CT molecular complexity index is 3140. The average Bonchev–Trinajstić information content (AvgIpc) is 3.79. The molecule has 3 heteroatoms. The predicted octanol–water partition coefficient (Wildman–Crippen LogP) is 14.0. The van der Waals surface area contributed by atoms with Gasteiger partial charge in [0.25, 0.3) is 0 Å². The van der Waals surface area contributed by atoms with E-state index in [1.807, 2.05) is 30.3 Å². The van der Waals surface area contributed by atoms with Crippen molar-refractivity contribution >= 4 is 21.9 Å². The van der Waals surface area contributed by atoms with Gasteiger partial charge < -0.3 is 4.42 Å². The highest BCUT2D eigenvalue weighted by molar-refractivity contribution is 6.06. The molecule has 3 nitrogen and oxygen atoms in total. The number of aromatic nitrogens is 2. The molecule has 0 saturated heterocycles. The molecule has 1 atom stereocenters. The maximum absolute atomic E-state index is 6.11. The van der Waals surface area contributed by atoms with E-state index < -0.39 is 0 Å². The number of rotatable bonds is 6. The van der Waals surface area contributed by atoms with Crippen molar-refractivity contribution in [3.8, 4) is 67.3 Å². The summed E-state index contributed by atoms with van der Waals surface area (Å²) in [5.74, 6) is 0.702. The SMILES string of the molecule is CC1(c2ccccc2)c2ccccc2-c2cc(-c3cc(-c4cccc(-c5cccc(-c6ccc7oc8ccccc8c7c6)c5)c4)nc(-c4ccccc4)n3)ccc21. The van der Waals surface area contributed by atoms with Crippen molar-refractivity contribution in [2.24, 2.45) is 0 Å². The van der Waals surface area contributed by atoms with E-state index in [-0.39, 0.29) is 5.41 Å². The van der Waals surface area contributed by atoms with Gasteiger partial charge in [-0.2, -0.15) is 0 Å². The molecule has 57 heavy (non-hydrogen) atoms. The first-order valence-electron chi connectivity index (χ1n) is 19.5. The van der Waals surface area contributed by atoms with Crippen molar-refractivity contribution in [2.45, 2.75) is 12.3 Å². The van der Waals surface area contributed by atoms with E-state index in [2.05, 4.69) is 177 Å². The van der Waals surface area contributed by atoms with Crippen LogP contribution in [0.1, 0.15) is 23.6 Å². The molecule has 1 aliphatic carbocycles. The molecule has 11 rings (SSSR count). The summed E-state index contributed by atoms with van der Waals surface area (Å²) in [7, 11) is 0. The predicted molar refractivity (Wildman–Crippen MR) is 234 cm³/mol. The maximum Gasteiger partial charge on any atom is 0.160 e. The zero-order valence-electron chi connectivity index (χ0n) is 31.4. The molecular formula is C54H36N2O. The van der Waals surface area contributed by atoms with Crippen LogP contribution < -0.4 is 0 Å². The summed E-state index contributed by atoms with van der Waals surface area (Å²) in [5.41, 5.74) is 17.4. The maximum atomic E-state index is 6.11. The fraction of sp³-hybridized carbons (Fsp3) is 0.0370. The summed E-state index contributed by atoms with van der Waals surface area (Å²) >= 11 is 0. The minimum atomic E-state index is -0.254. The molecular weight excluding hydrogens is 693 g/mol. The topological polar surface area (TPSA) is 38.9 Å². The number of benzene rings is 8. The Balaban J connectivity index is 1.01. The van der Waals surface area contributed by atoms with E-state index in [1.54, 1.807) is 0 Å². The first-order valence-corrected chi connectivity index (χ1v) is 19.5. The van der Waals surface area contributed by atoms with Gasteiger partial charge in [-0.1, -0.05) is 158 Å². The number of hydrogen-bond donors (Lipinski definition) is 0. The third-order valence-electron chi connectivity index (χ3n) is 11.8. The Hall–Kier alpha value is -7.36. The third-order valence-corrected chi connectivity index (χ3v) is 11.8. The summed E-state index contributed by atoms with van der Waals surface area (Å²) < 4.78 is 6.11. The molecule has 10 aromatic rings. The molecule has 0 fully saturated rings. The number of furan rings is 1. The van der Waals surface area contributed by atoms with Crippen LogP contribution in [0, 0.1) is 0 Å². The van der Waals surface area contributed by atoms with Gasteiger partial charge in [0.15, 0.2) is 5.82 Å². The number of hydrogen-bond acceptors (Lipinski definition) is 3. The van der Waals surface area contributed by atoms with Crippen LogP contribution in [0.4, 0.5) is 0 Å². The Morgan fingerprint density at radius 3 is 1.68 bits per heavy atom. The highest BCUT2D eigenvalue weighted by Crippen LogP contribution is 2.53. The molecule has 1 aliphatic rings. The monoisotopic (exact) mass is 728 g/mol. The van der Waals surface area contributed by atoms with Crippen LogP contribution in [-0.2, 0) is 5.41 Å². The van der Waals surface area contributed by atoms with Gasteiger partial charge in [-0.25, -0.2) is 9.97 Å². The second-order valence-corrected chi connectivity index (χ2v) is 15.1. The first kappa shape index (κ1) is 33.0. The normalized spacial score (nSPS) is 14.5. The van der Waals surface area contributed by atoms with Crippen LogP contribution in [0.5, 0.6) is 0 Å². The van der Waals surface area contributed by atoms with Crippen LogP contribution >= 0.6 is 0 Å². The fourth-order valence-electron chi connectivity index (χ4n) is 8.85. The lowest BCUT2D eigenvalue weighted by atomic mass is 9.74. The summed E-state index contributed by atoms with van der Waals surface area (Å²) in [6.45, 7) is 2.35. The number of nitrogens with zero attached hydrogens (tertiary/aromatic N) is 2. The molecule has 0 spiro atoms. The van der Waals surface area contributed by atoms with E-state index in [0.29, 0.717) is 5.82 Å². The number of fused-ring (bicyclic) bond motifs is 6. The molecule has 0 amide bonds. The second kappa shape index (κ2) is 13.1. The van der Waals surface area contributed by atoms with Crippen molar-refractivity contribution in [3.63, 3.8) is 0 Å². The number of para-hydroxylation sites is 1. The molecule has 0 radical (unpaired) electrons. The van der Waals surface area contributed by atoms with Gasteiger partial charge in [-0.05, 0) is 99.5 Å². The Labute approximate surface area is 331 Å². The summed E-state index contributed by atoms with van der Waals surface area (Å²) in [6, 6.07) is 71.1. The molecule has 2 aromatic heterocycles. The zero-order chi connectivity index (χ0) is 37.9. The summed E-state index contributed by atoms with van der Waals surface area (Å²) in [4.78, 5) is 10.4. The van der Waals surface area contributed by atoms with Crippen LogP contribution in [0.25, 0.3) is 89.2 Å². The van der Waals surface area contributed by atoms with Crippen molar-refractivity contribution in [3.05, 3.63) is 217 Å². The second-order valence-electron chi connectivity index (χ2n) is 15.1. The molecule has 268 valence electrons. The quantitative estimate of drug-likeness (QED) is 0.171. The molecule has 2 heterocycles. The van der Waals surface area contributed by atoms with Gasteiger partial charge in [-0.3, -0.25) is 0 Å². The lowest BCUT2D eigenvalue weighted by molar-refractivity contribution is 0.669. The van der Waals surface area contributed by atoms with Gasteiger partial charge in [-0.15, -0.1) is 0 Å². The molecule has 0 saturated carbocycles. The molecule has 0 N–H and O–H groups in total. The van der Waals surface area contributed by atoms with Crippen molar-refractivity contribution in [2.75, 3.05) is 0 Å². The molecule has 0 aliphatic heterocycles. The third kappa shape index (κ3) is 5.50. The van der Waals surface area contributed by atoms with Crippen LogP contribution in [0.15, 0.2) is 205 Å². The van der Waals surface area contributed by atoms with Gasteiger partial charge in [0.1, 0.15) is 11.2 Å². The van der Waals surface area contributed by atoms with Gasteiger partial charge in [0.2, 0.25) is 0 Å². The zero-order valence-corrected chi connectivity index (χ0v) is 31.4. The van der Waals surface area contributed by atoms with E-state index in [1.165, 1.54) is 27.8 Å². The average molecular weight is 729 g/mol. The smallest absolute Gasteiger partial charge is 0.160 e. The molecule has 0 bridgehead atoms. The van der Waals surface area contributed by atoms with Crippen molar-refractivity contribution < 1.29 is 4.42 Å². The lowest BCUT2D eigenvalue weighted by Gasteiger charge is -2.28. The first-order chi connectivity index (χ1) is 28.1. The minimum Gasteiger partial charge on any atom is -0.456 e. The largest absolute Gasteiger partial charge is 0.456 e. The Kier molecular flexibility index (Phi) is 7.61. The Morgan fingerprint density at radius 1 is 0.368 bits per heavy atom. The van der Waals surface area contributed by atoms with Crippen LogP contribution in [-0.4, -0.2) is 9.97 Å². The van der Waals surface area contributed by atoms with Crippen molar-refractivity contribution in [1.82, 2.24) is 9.97 Å². The van der Waals surface area contributed by atoms with Gasteiger partial charge >= 0.3 is 0 Å². The molecule has 8 aromatic carbocycles. The summed E-state index contributed by atoms with van der Waals surface area (Å²) in [5, 5.41) is 2.26. The van der Waals surface area contributed by atoms with Gasteiger partial charge in [0.05, 0.1) is 11.4 Å². The van der Waals surface area contributed by atoms with E-state index in [4.69, 9.17) is 14.4 Å². The highest BCUT2D eigenvalue weighted by atomic mass is 16.3. The Morgan fingerprint density at radius 2 is 0.912 bits per heavy atom. The standard InChI is InChI=1S/C54H36N2O/c1-54(42-20-6-3-7-21-42)47-24-10-8-22-43(47)45-33-41(26-28-48(45)54)50-34-49(55-53(56-50)35-14-4-2-5-15-35)40-19-13-18-38(31-40)36-16-12-17-37(30-36)39-27-29-52-46(32-39)44-23-9-11-25-51(44)57-52/h2-34H,1H3. The lowest BCUT2D eigenvalue weighted by Crippen LogP contribution is -2.22. The van der Waals surface area contributed by atoms with Crippen LogP contribution in [0.3, 0.4) is 0 Å².